The predicted molar refractivity (Wildman–Crippen MR) is 486 cm³/mol. The molecule has 2 aliphatic carbocycles. The Morgan fingerprint density at radius 2 is 0.907 bits per heavy atom. The van der Waals surface area contributed by atoms with Gasteiger partial charge in [-0.3, -0.25) is 38.4 Å². The number of Topliss-reactive ketones (excluding diaryl/α,β-unsaturated/α-hetero) is 6. The Morgan fingerprint density at radius 1 is 0.473 bits per heavy atom. The number of esters is 2. The van der Waals surface area contributed by atoms with Gasteiger partial charge in [0, 0.05) is 103 Å². The first kappa shape index (κ1) is 109. The molecular weight excluding hydrogens is 1660 g/mol. The molecule has 0 aromatic rings. The molecule has 0 aromatic carbocycles. The number of aliphatic hydroxyl groups excluding tert-OH is 4. The van der Waals surface area contributed by atoms with Gasteiger partial charge >= 0.3 is 11.9 Å². The van der Waals surface area contributed by atoms with Crippen LogP contribution in [0.15, 0.2) is 95.2 Å². The van der Waals surface area contributed by atoms with Gasteiger partial charge in [-0.25, -0.2) is 18.4 Å². The van der Waals surface area contributed by atoms with Crippen molar-refractivity contribution in [1.29, 1.82) is 0 Å². The van der Waals surface area contributed by atoms with Gasteiger partial charge in [-0.2, -0.15) is 0 Å². The van der Waals surface area contributed by atoms with Crippen LogP contribution in [0.5, 0.6) is 0 Å². The molecular formula is C102H156F2N2O23. The maximum atomic E-state index is 17.1. The molecule has 30 atom stereocenters. The van der Waals surface area contributed by atoms with E-state index in [2.05, 4.69) is 12.2 Å². The van der Waals surface area contributed by atoms with Gasteiger partial charge in [0.1, 0.15) is 60.3 Å². The summed E-state index contributed by atoms with van der Waals surface area (Å²) in [6, 6.07) is -2.37. The summed E-state index contributed by atoms with van der Waals surface area (Å²) in [6.07, 6.45) is 22.2. The standard InChI is InChI=1S/C51H78FNO12.C51H78FNO11/c1-30-16-12-11-13-17-31(2)42(61-8)28-38-21-19-36(7)51(52,65-38)48(58)49(59)53-23-15-14-18-39(53)50(60)64-43(33(4)26-37-20-22-40(54)44(27-37)62-9)29-41(55)32(3)25-35(6)46(57)47(63-10)45(56)34(5)24-30;1-30-14-15-31(2)18-21-39-22-19-37(8)51(52,64-39)48(58)49(59)53-24-12-11-13-40(53)50(60)63-43(34(5)27-38-20-23-41(54)44(28-38)61-9)29-42(55)33(4)26-36(7)46(57)47(62-10)45(56)35(6)25-32(3)17-16-30/h11-13,16-17,25,30,32-34,36-40,42-44,46-47,54,57H,14-15,18-24,26-29H2,1-10H3;14-18,26,30,32-35,37-41,43-44,46-47,54,57H,11-13,19-25,27-29H2,1-10H3/b13-11+,16-12+,31-17+,35-25+;15-14?,17-16+,31-18+,36-26+/t30-,32-,33-,34?,36?,37?,38?,39?,40-,42+,43+,44?,46?,47+,51?;30?,32-,33-,34-,35-,37-,38+,39?,40?,41-,43+,44-,46-,47+,51?/m11/s1. The topological polar surface area (TPSA) is 341 Å². The number of alkyl halides is 2. The van der Waals surface area contributed by atoms with Crippen molar-refractivity contribution in [2.45, 2.75) is 361 Å². The van der Waals surface area contributed by atoms with Crippen molar-refractivity contribution in [1.82, 2.24) is 9.80 Å². The highest BCUT2D eigenvalue weighted by molar-refractivity contribution is 6.39. The van der Waals surface area contributed by atoms with Crippen LogP contribution < -0.4 is 0 Å². The Kier molecular flexibility index (Phi) is 43.7. The minimum atomic E-state index is -2.93. The molecule has 2 amide bonds. The fraction of sp³-hybridized carbons (Fsp3) is 0.745. The largest absolute Gasteiger partial charge is 0.460 e. The van der Waals surface area contributed by atoms with Crippen LogP contribution in [-0.4, -0.2) is 240 Å². The summed E-state index contributed by atoms with van der Waals surface area (Å²) in [7, 11) is 7.42. The summed E-state index contributed by atoms with van der Waals surface area (Å²) in [4.78, 5) is 143. The first-order valence-electron chi connectivity index (χ1n) is 47.7. The molecule has 0 spiro atoms. The van der Waals surface area contributed by atoms with Crippen molar-refractivity contribution in [3.63, 3.8) is 0 Å². The molecule has 25 nitrogen and oxygen atoms in total. The lowest BCUT2D eigenvalue weighted by Gasteiger charge is -2.41. The van der Waals surface area contributed by atoms with E-state index in [0.29, 0.717) is 120 Å². The Labute approximate surface area is 766 Å². The monoisotopic (exact) mass is 1820 g/mol. The quantitative estimate of drug-likeness (QED) is 0.0848. The van der Waals surface area contributed by atoms with Crippen LogP contribution in [0.3, 0.4) is 0 Å². The highest BCUT2D eigenvalue weighted by atomic mass is 19.2. The lowest BCUT2D eigenvalue weighted by molar-refractivity contribution is -0.231. The summed E-state index contributed by atoms with van der Waals surface area (Å²) in [6.45, 7) is 27.1. The van der Waals surface area contributed by atoms with Gasteiger partial charge in [-0.15, -0.1) is 0 Å². The van der Waals surface area contributed by atoms with Crippen molar-refractivity contribution in [2.24, 2.45) is 76.9 Å². The molecule has 8 aliphatic rings. The maximum absolute atomic E-state index is 17.1. The fourth-order valence-electron chi connectivity index (χ4n) is 20.0. The number of carbonyl (C=O) groups excluding carboxylic acids is 10. The third-order valence-electron chi connectivity index (χ3n) is 28.7. The molecule has 4 saturated heterocycles. The van der Waals surface area contributed by atoms with Gasteiger partial charge in [0.2, 0.25) is 0 Å². The number of hydrogen-bond donors (Lipinski definition) is 4. The molecule has 6 heterocycles. The van der Waals surface area contributed by atoms with E-state index in [4.69, 9.17) is 42.6 Å². The molecule has 726 valence electrons. The minimum Gasteiger partial charge on any atom is -0.460 e. The zero-order chi connectivity index (χ0) is 95.6. The molecule has 6 aliphatic heterocycles. The van der Waals surface area contributed by atoms with Gasteiger partial charge < -0.3 is 72.9 Å². The Morgan fingerprint density at radius 3 is 1.34 bits per heavy atom. The molecule has 8 rings (SSSR count). The Bertz CT molecular complexity index is 4000. The zero-order valence-corrected chi connectivity index (χ0v) is 80.7. The van der Waals surface area contributed by atoms with Crippen LogP contribution in [0.25, 0.3) is 0 Å². The Hall–Kier alpha value is -6.76. The number of carbonyl (C=O) groups is 10. The Balaban J connectivity index is 0.000000353. The van der Waals surface area contributed by atoms with E-state index >= 15 is 8.78 Å². The summed E-state index contributed by atoms with van der Waals surface area (Å²) < 4.78 is 86.2. The number of ether oxygens (including phenoxy) is 9. The van der Waals surface area contributed by atoms with E-state index in [-0.39, 0.29) is 128 Å². The SMILES string of the molecule is COC1CC(C[C@@H](C)[C@@H]2CC(=O)[C@H](C)/C=C(\C)C(O)[C@@H](OC)C(=O)C(C)C[C@H](C)/C=C/C=C/C=C(\C)[C@@H](OC)CC3CCC(C)C(F)(O3)C(=O)C(=O)N3CCCCC3C(=O)O2)CC[C@H]1O.CO[C@@H]1C[C@H](C[C@@H](C)[C@@H]2CC(=O)[C@H](C)/C=C(\C)[C@@H](O)[C@@H](OC)C(=O)[C@H](C)C[C@H](C)/C=C/C(C)C=C/C(C)=C/CC3CC[C@@H](C)C(F)(O3)C(=O)C(=O)N3CCCCC3C(=O)O2)CC[C@H]1O. The highest BCUT2D eigenvalue weighted by Gasteiger charge is 2.57. The molecule has 2 saturated carbocycles. The van der Waals surface area contributed by atoms with E-state index in [9.17, 15) is 68.4 Å². The van der Waals surface area contributed by atoms with E-state index in [0.717, 1.165) is 27.4 Å². The van der Waals surface area contributed by atoms with Crippen molar-refractivity contribution in [2.75, 3.05) is 48.6 Å². The molecule has 6 fully saturated rings. The number of allylic oxidation sites excluding steroid dienone is 12. The smallest absolute Gasteiger partial charge is 0.329 e. The highest BCUT2D eigenvalue weighted by Crippen LogP contribution is 2.43. The number of halogens is 2. The molecule has 4 N–H and O–H groups in total. The molecule has 0 aromatic heterocycles. The van der Waals surface area contributed by atoms with E-state index in [1.165, 1.54) is 14.2 Å². The second-order valence-electron chi connectivity index (χ2n) is 39.2. The molecule has 4 bridgehead atoms. The number of fused-ring (bicyclic) bond motifs is 6. The van der Waals surface area contributed by atoms with Crippen molar-refractivity contribution in [3.8, 4) is 0 Å². The molecule has 27 heteroatoms. The van der Waals surface area contributed by atoms with Crippen LogP contribution in [0.4, 0.5) is 8.78 Å². The summed E-state index contributed by atoms with van der Waals surface area (Å²) in [5.41, 5.74) is 2.53. The predicted octanol–water partition coefficient (Wildman–Crippen LogP) is 14.9. The molecule has 129 heavy (non-hydrogen) atoms. The lowest BCUT2D eigenvalue weighted by Crippen LogP contribution is -2.59. The number of methoxy groups -OCH3 is 5. The third-order valence-corrected chi connectivity index (χ3v) is 28.7. The second-order valence-corrected chi connectivity index (χ2v) is 39.2. The number of ketones is 6. The van der Waals surface area contributed by atoms with E-state index < -0.39 is 162 Å². The van der Waals surface area contributed by atoms with Gasteiger partial charge in [0.05, 0.1) is 42.7 Å². The number of piperidine rings is 2. The van der Waals surface area contributed by atoms with Crippen LogP contribution in [0.1, 0.15) is 258 Å². The first-order valence-corrected chi connectivity index (χ1v) is 47.7. The third kappa shape index (κ3) is 30.4. The second kappa shape index (κ2) is 51.6. The van der Waals surface area contributed by atoms with Crippen LogP contribution in [0.2, 0.25) is 0 Å². The lowest BCUT2D eigenvalue weighted by atomic mass is 9.78. The average Bonchev–Trinajstić information content (AvgIpc) is 0.784. The summed E-state index contributed by atoms with van der Waals surface area (Å²) in [5.74, 6) is -18.0. The average molecular weight is 1820 g/mol. The number of rotatable bonds is 11. The normalized spacial score (nSPS) is 40.4. The van der Waals surface area contributed by atoms with Crippen LogP contribution in [0, 0.1) is 76.9 Å². The maximum Gasteiger partial charge on any atom is 0.329 e. The zero-order valence-electron chi connectivity index (χ0n) is 80.7. The minimum absolute atomic E-state index is 0.00748. The molecule has 0 radical (unpaired) electrons. The van der Waals surface area contributed by atoms with Crippen LogP contribution in [-0.2, 0) is 90.6 Å². The van der Waals surface area contributed by atoms with Gasteiger partial charge in [0.25, 0.3) is 35.1 Å². The van der Waals surface area contributed by atoms with E-state index in [1.54, 1.807) is 81.9 Å². The van der Waals surface area contributed by atoms with Crippen molar-refractivity contribution >= 4 is 58.5 Å². The van der Waals surface area contributed by atoms with E-state index in [1.807, 2.05) is 104 Å². The van der Waals surface area contributed by atoms with Crippen molar-refractivity contribution < 1.29 is 120 Å². The van der Waals surface area contributed by atoms with Gasteiger partial charge in [-0.1, -0.05) is 155 Å². The summed E-state index contributed by atoms with van der Waals surface area (Å²) >= 11 is 0. The number of cyclic esters (lactones) is 2. The number of hydrogen-bond acceptors (Lipinski definition) is 23. The number of amides is 2. The fourth-order valence-corrected chi connectivity index (χ4v) is 20.0. The summed E-state index contributed by atoms with van der Waals surface area (Å²) in [5, 5.41) is 43.8. The van der Waals surface area contributed by atoms with Gasteiger partial charge in [-0.05, 0) is 221 Å². The molecule has 12 unspecified atom stereocenters. The van der Waals surface area contributed by atoms with Crippen LogP contribution >= 0.6 is 0 Å². The van der Waals surface area contributed by atoms with Crippen molar-refractivity contribution in [3.05, 3.63) is 95.2 Å². The first-order chi connectivity index (χ1) is 60.9. The van der Waals surface area contributed by atoms with Gasteiger partial charge in [0.15, 0.2) is 11.6 Å². The number of aliphatic hydroxyl groups is 4. The number of nitrogens with zero attached hydrogens (tertiary/aromatic N) is 2.